The third-order valence-corrected chi connectivity index (χ3v) is 7.15. The van der Waals surface area contributed by atoms with Crippen molar-refractivity contribution in [3.63, 3.8) is 0 Å². The summed E-state index contributed by atoms with van der Waals surface area (Å²) >= 11 is 3.64. The van der Waals surface area contributed by atoms with Crippen LogP contribution >= 0.6 is 15.9 Å². The smallest absolute Gasteiger partial charge is 0.261 e. The molecule has 4 rings (SSSR count). The van der Waals surface area contributed by atoms with Crippen molar-refractivity contribution in [1.29, 1.82) is 0 Å². The van der Waals surface area contributed by atoms with Gasteiger partial charge in [-0.2, -0.15) is 0 Å². The second-order valence-corrected chi connectivity index (χ2v) is 10.5. The Hall–Kier alpha value is -3.64. The van der Waals surface area contributed by atoms with Gasteiger partial charge in [0, 0.05) is 19.5 Å². The van der Waals surface area contributed by atoms with Gasteiger partial charge in [-0.25, -0.2) is 0 Å². The molecule has 6 heteroatoms. The number of carbonyl (C=O) groups excluding carboxylic acids is 2. The average molecular weight is 574 g/mol. The summed E-state index contributed by atoms with van der Waals surface area (Å²) in [5.41, 5.74) is 1.93. The normalized spacial score (nSPS) is 11.8. The van der Waals surface area contributed by atoms with Crippen molar-refractivity contribution < 1.29 is 14.3 Å². The summed E-state index contributed by atoms with van der Waals surface area (Å²) in [7, 11) is 0. The molecule has 0 radical (unpaired) electrons. The van der Waals surface area contributed by atoms with Gasteiger partial charge in [-0.05, 0) is 49.8 Å². The number of hydrogen-bond donors (Lipinski definition) is 1. The third-order valence-electron chi connectivity index (χ3n) is 6.33. The van der Waals surface area contributed by atoms with Gasteiger partial charge in [-0.3, -0.25) is 9.59 Å². The van der Waals surface area contributed by atoms with Gasteiger partial charge < -0.3 is 15.0 Å². The molecule has 0 aromatic heterocycles. The summed E-state index contributed by atoms with van der Waals surface area (Å²) < 4.78 is 6.83. The Morgan fingerprint density at radius 2 is 1.47 bits per heavy atom. The second-order valence-electron chi connectivity index (χ2n) is 9.74. The number of nitrogens with one attached hydrogen (secondary N) is 1. The molecule has 0 unspecified atom stereocenters. The van der Waals surface area contributed by atoms with Crippen LogP contribution < -0.4 is 10.1 Å². The highest BCUT2D eigenvalue weighted by molar-refractivity contribution is 9.10. The van der Waals surface area contributed by atoms with E-state index in [0.717, 1.165) is 26.4 Å². The standard InChI is InChI=1S/C32H33BrN2O3/c1-23(2)20-34-32(37)28(19-24-11-5-3-6-12-24)35(21-25-13-7-4-8-14-25)30(36)22-38-29-18-17-26-15-9-10-16-27(26)31(29)33/h3-18,23,28H,19-22H2,1-2H3,(H,34,37)/t28-/m1/s1. The van der Waals surface area contributed by atoms with E-state index in [9.17, 15) is 9.59 Å². The van der Waals surface area contributed by atoms with Crippen LogP contribution in [0.3, 0.4) is 0 Å². The van der Waals surface area contributed by atoms with Gasteiger partial charge in [0.05, 0.1) is 4.47 Å². The number of carbonyl (C=O) groups is 2. The van der Waals surface area contributed by atoms with Crippen LogP contribution in [-0.2, 0) is 22.6 Å². The van der Waals surface area contributed by atoms with Crippen molar-refractivity contribution >= 4 is 38.5 Å². The molecule has 38 heavy (non-hydrogen) atoms. The first kappa shape index (κ1) is 27.4. The molecular weight excluding hydrogens is 540 g/mol. The number of fused-ring (bicyclic) bond motifs is 1. The highest BCUT2D eigenvalue weighted by atomic mass is 79.9. The minimum atomic E-state index is -0.687. The van der Waals surface area contributed by atoms with Crippen molar-refractivity contribution in [3.8, 4) is 5.75 Å². The van der Waals surface area contributed by atoms with Crippen LogP contribution in [0.25, 0.3) is 10.8 Å². The zero-order valence-electron chi connectivity index (χ0n) is 21.8. The Morgan fingerprint density at radius 1 is 0.842 bits per heavy atom. The van der Waals surface area contributed by atoms with E-state index in [1.165, 1.54) is 0 Å². The Bertz CT molecular complexity index is 1360. The lowest BCUT2D eigenvalue weighted by molar-refractivity contribution is -0.142. The molecule has 1 N–H and O–H groups in total. The van der Waals surface area contributed by atoms with Gasteiger partial charge in [0.2, 0.25) is 5.91 Å². The van der Waals surface area contributed by atoms with Crippen molar-refractivity contribution in [3.05, 3.63) is 113 Å². The number of rotatable bonds is 11. The lowest BCUT2D eigenvalue weighted by atomic mass is 10.0. The molecule has 0 aliphatic rings. The lowest BCUT2D eigenvalue weighted by Gasteiger charge is -2.31. The molecule has 4 aromatic carbocycles. The molecular formula is C32H33BrN2O3. The van der Waals surface area contributed by atoms with E-state index in [1.807, 2.05) is 97.1 Å². The predicted octanol–water partition coefficient (Wildman–Crippen LogP) is 6.39. The van der Waals surface area contributed by atoms with Gasteiger partial charge in [-0.1, -0.05) is 105 Å². The number of nitrogens with zero attached hydrogens (tertiary/aromatic N) is 1. The minimum absolute atomic E-state index is 0.168. The van der Waals surface area contributed by atoms with Gasteiger partial charge in [0.1, 0.15) is 11.8 Å². The molecule has 0 aliphatic heterocycles. The first-order valence-corrected chi connectivity index (χ1v) is 13.7. The maximum Gasteiger partial charge on any atom is 0.261 e. The molecule has 1 atom stereocenters. The maximum atomic E-state index is 13.8. The Morgan fingerprint density at radius 3 is 2.16 bits per heavy atom. The number of amides is 2. The minimum Gasteiger partial charge on any atom is -0.483 e. The van der Waals surface area contributed by atoms with E-state index in [-0.39, 0.29) is 18.4 Å². The summed E-state index contributed by atoms with van der Waals surface area (Å²) in [5.74, 6) is 0.456. The van der Waals surface area contributed by atoms with Crippen molar-refractivity contribution in [2.45, 2.75) is 32.9 Å². The zero-order chi connectivity index (χ0) is 26.9. The summed E-state index contributed by atoms with van der Waals surface area (Å²) in [6.45, 7) is 4.75. The van der Waals surface area contributed by atoms with Crippen LogP contribution in [0.2, 0.25) is 0 Å². The summed E-state index contributed by atoms with van der Waals surface area (Å²) in [4.78, 5) is 28.9. The van der Waals surface area contributed by atoms with Crippen molar-refractivity contribution in [2.75, 3.05) is 13.2 Å². The fourth-order valence-electron chi connectivity index (χ4n) is 4.30. The van der Waals surface area contributed by atoms with Gasteiger partial charge in [-0.15, -0.1) is 0 Å². The van der Waals surface area contributed by atoms with Gasteiger partial charge >= 0.3 is 0 Å². The van der Waals surface area contributed by atoms with Crippen LogP contribution in [0.4, 0.5) is 0 Å². The third kappa shape index (κ3) is 7.23. The number of ether oxygens (including phenoxy) is 1. The molecule has 0 heterocycles. The monoisotopic (exact) mass is 572 g/mol. The van der Waals surface area contributed by atoms with Crippen molar-refractivity contribution in [2.24, 2.45) is 5.92 Å². The lowest BCUT2D eigenvalue weighted by Crippen LogP contribution is -2.52. The van der Waals surface area contributed by atoms with Crippen LogP contribution in [0, 0.1) is 5.92 Å². The summed E-state index contributed by atoms with van der Waals surface area (Å²) in [5, 5.41) is 5.13. The van der Waals surface area contributed by atoms with E-state index < -0.39 is 6.04 Å². The summed E-state index contributed by atoms with van der Waals surface area (Å²) in [6.07, 6.45) is 0.406. The molecule has 4 aromatic rings. The predicted molar refractivity (Wildman–Crippen MR) is 156 cm³/mol. The molecule has 0 saturated carbocycles. The molecule has 0 saturated heterocycles. The largest absolute Gasteiger partial charge is 0.483 e. The van der Waals surface area contributed by atoms with Gasteiger partial charge in [0.15, 0.2) is 6.61 Å². The average Bonchev–Trinajstić information content (AvgIpc) is 2.94. The highest BCUT2D eigenvalue weighted by Crippen LogP contribution is 2.33. The molecule has 0 aliphatic carbocycles. The number of halogens is 1. The topological polar surface area (TPSA) is 58.6 Å². The van der Waals surface area contributed by atoms with Crippen LogP contribution in [0.15, 0.2) is 102 Å². The van der Waals surface area contributed by atoms with E-state index in [0.29, 0.717) is 31.2 Å². The van der Waals surface area contributed by atoms with Crippen LogP contribution in [-0.4, -0.2) is 35.9 Å². The van der Waals surface area contributed by atoms with Crippen LogP contribution in [0.1, 0.15) is 25.0 Å². The quantitative estimate of drug-likeness (QED) is 0.226. The fraction of sp³-hybridized carbons (Fsp3) is 0.250. The zero-order valence-corrected chi connectivity index (χ0v) is 23.4. The van der Waals surface area contributed by atoms with E-state index in [4.69, 9.17) is 4.74 Å². The van der Waals surface area contributed by atoms with Gasteiger partial charge in [0.25, 0.3) is 5.91 Å². The van der Waals surface area contributed by atoms with E-state index in [2.05, 4.69) is 35.1 Å². The SMILES string of the molecule is CC(C)CNC(=O)[C@@H](Cc1ccccc1)N(Cc1ccccc1)C(=O)COc1ccc2ccccc2c1Br. The number of benzene rings is 4. The van der Waals surface area contributed by atoms with Crippen molar-refractivity contribution in [1.82, 2.24) is 10.2 Å². The summed E-state index contributed by atoms with van der Waals surface area (Å²) in [6, 6.07) is 30.7. The highest BCUT2D eigenvalue weighted by Gasteiger charge is 2.30. The van der Waals surface area contributed by atoms with Crippen LogP contribution in [0.5, 0.6) is 5.75 Å². The van der Waals surface area contributed by atoms with E-state index in [1.54, 1.807) is 4.90 Å². The second kappa shape index (κ2) is 13.2. The molecule has 2 amide bonds. The Labute approximate surface area is 232 Å². The molecule has 0 spiro atoms. The molecule has 5 nitrogen and oxygen atoms in total. The maximum absolute atomic E-state index is 13.8. The Kier molecular flexibility index (Phi) is 9.55. The fourth-order valence-corrected chi connectivity index (χ4v) is 4.91. The molecule has 0 bridgehead atoms. The Balaban J connectivity index is 1.61. The van der Waals surface area contributed by atoms with E-state index >= 15 is 0 Å². The number of hydrogen-bond acceptors (Lipinski definition) is 3. The first-order valence-electron chi connectivity index (χ1n) is 12.9. The molecule has 196 valence electrons. The first-order chi connectivity index (χ1) is 18.4. The molecule has 0 fully saturated rings.